The van der Waals surface area contributed by atoms with Crippen LogP contribution in [0, 0.1) is 12.7 Å². The molecule has 2 N–H and O–H groups in total. The third-order valence-corrected chi connectivity index (χ3v) is 5.11. The number of hydrogen-bond donors (Lipinski definition) is 2. The summed E-state index contributed by atoms with van der Waals surface area (Å²) in [5, 5.41) is 6.38. The molecule has 0 fully saturated rings. The molecule has 3 rings (SSSR count). The highest BCUT2D eigenvalue weighted by Crippen LogP contribution is 2.36. The van der Waals surface area contributed by atoms with E-state index < -0.39 is 0 Å². The van der Waals surface area contributed by atoms with Crippen LogP contribution in [0.2, 0.25) is 5.02 Å². The van der Waals surface area contributed by atoms with E-state index in [0.717, 1.165) is 28.2 Å². The molecule has 0 spiro atoms. The van der Waals surface area contributed by atoms with Crippen molar-refractivity contribution in [2.75, 3.05) is 11.1 Å². The number of thioether (sulfide) groups is 1. The maximum Gasteiger partial charge on any atom is 0.319 e. The molecule has 1 unspecified atom stereocenters. The second kappa shape index (κ2) is 6.81. The molecule has 6 heteroatoms. The summed E-state index contributed by atoms with van der Waals surface area (Å²) in [5.41, 5.74) is 2.43. The molecule has 0 radical (unpaired) electrons. The fourth-order valence-electron chi connectivity index (χ4n) is 2.60. The molecule has 0 saturated heterocycles. The zero-order chi connectivity index (χ0) is 16.4. The number of benzene rings is 2. The van der Waals surface area contributed by atoms with Crippen molar-refractivity contribution in [1.29, 1.82) is 0 Å². The number of fused-ring (bicyclic) bond motifs is 1. The highest BCUT2D eigenvalue weighted by molar-refractivity contribution is 7.99. The Morgan fingerprint density at radius 2 is 2.13 bits per heavy atom. The Kier molecular flexibility index (Phi) is 4.78. The van der Waals surface area contributed by atoms with E-state index in [2.05, 4.69) is 10.6 Å². The summed E-state index contributed by atoms with van der Waals surface area (Å²) < 4.78 is 13.5. The zero-order valence-electron chi connectivity index (χ0n) is 12.5. The van der Waals surface area contributed by atoms with Gasteiger partial charge < -0.3 is 10.6 Å². The maximum atomic E-state index is 13.5. The summed E-state index contributed by atoms with van der Waals surface area (Å²) in [5.74, 6) is 0.607. The van der Waals surface area contributed by atoms with Crippen molar-refractivity contribution in [3.8, 4) is 0 Å². The second-order valence-corrected chi connectivity index (χ2v) is 7.00. The average molecular weight is 351 g/mol. The zero-order valence-corrected chi connectivity index (χ0v) is 14.1. The number of rotatable bonds is 2. The normalized spacial score (nSPS) is 16.6. The van der Waals surface area contributed by atoms with Crippen LogP contribution in [0.4, 0.5) is 14.9 Å². The number of aryl methyl sites for hydroxylation is 1. The Labute approximate surface area is 143 Å². The molecule has 1 heterocycles. The molecule has 0 aromatic heterocycles. The number of hydrogen-bond acceptors (Lipinski definition) is 2. The SMILES string of the molecule is Cc1cc(Cl)ccc1NC(=O)NC1CCSc2ccc(F)cc21. The van der Waals surface area contributed by atoms with Crippen LogP contribution >= 0.6 is 23.4 Å². The molecule has 2 aromatic carbocycles. The fourth-order valence-corrected chi connectivity index (χ4v) is 3.93. The molecular formula is C17H16ClFN2OS. The highest BCUT2D eigenvalue weighted by atomic mass is 35.5. The van der Waals surface area contributed by atoms with Gasteiger partial charge in [-0.1, -0.05) is 11.6 Å². The van der Waals surface area contributed by atoms with E-state index >= 15 is 0 Å². The smallest absolute Gasteiger partial charge is 0.319 e. The van der Waals surface area contributed by atoms with Crippen molar-refractivity contribution in [3.05, 3.63) is 58.4 Å². The van der Waals surface area contributed by atoms with Gasteiger partial charge in [0.2, 0.25) is 0 Å². The lowest BCUT2D eigenvalue weighted by Gasteiger charge is -2.26. The van der Waals surface area contributed by atoms with Crippen LogP contribution in [-0.4, -0.2) is 11.8 Å². The van der Waals surface area contributed by atoms with Gasteiger partial charge in [-0.15, -0.1) is 11.8 Å². The van der Waals surface area contributed by atoms with Crippen molar-refractivity contribution in [2.24, 2.45) is 0 Å². The van der Waals surface area contributed by atoms with Crippen molar-refractivity contribution in [2.45, 2.75) is 24.3 Å². The van der Waals surface area contributed by atoms with Gasteiger partial charge in [-0.2, -0.15) is 0 Å². The fraction of sp³-hybridized carbons (Fsp3) is 0.235. The van der Waals surface area contributed by atoms with Gasteiger partial charge in [0.1, 0.15) is 5.82 Å². The van der Waals surface area contributed by atoms with Gasteiger partial charge in [0.15, 0.2) is 0 Å². The van der Waals surface area contributed by atoms with Crippen LogP contribution in [-0.2, 0) is 0 Å². The molecular weight excluding hydrogens is 335 g/mol. The van der Waals surface area contributed by atoms with Crippen LogP contribution < -0.4 is 10.6 Å². The highest BCUT2D eigenvalue weighted by Gasteiger charge is 2.23. The number of nitrogens with one attached hydrogen (secondary N) is 2. The Morgan fingerprint density at radius 3 is 2.91 bits per heavy atom. The third kappa shape index (κ3) is 3.79. The van der Waals surface area contributed by atoms with Crippen LogP contribution in [0.3, 0.4) is 0 Å². The van der Waals surface area contributed by atoms with E-state index in [1.165, 1.54) is 12.1 Å². The van der Waals surface area contributed by atoms with E-state index in [9.17, 15) is 9.18 Å². The Hall–Kier alpha value is -1.72. The predicted octanol–water partition coefficient (Wildman–Crippen LogP) is 5.15. The number of amides is 2. The molecule has 23 heavy (non-hydrogen) atoms. The lowest BCUT2D eigenvalue weighted by molar-refractivity contribution is 0.248. The van der Waals surface area contributed by atoms with Gasteiger partial charge in [-0.05, 0) is 60.9 Å². The van der Waals surface area contributed by atoms with E-state index in [4.69, 9.17) is 11.6 Å². The summed E-state index contributed by atoms with van der Waals surface area (Å²) in [6.07, 6.45) is 0.772. The number of carbonyl (C=O) groups excluding carboxylic acids is 1. The summed E-state index contributed by atoms with van der Waals surface area (Å²) in [6, 6.07) is 9.51. The number of halogens is 2. The first-order chi connectivity index (χ1) is 11.0. The molecule has 0 aliphatic carbocycles. The molecule has 1 atom stereocenters. The van der Waals surface area contributed by atoms with Gasteiger partial charge in [-0.25, -0.2) is 9.18 Å². The number of urea groups is 1. The lowest BCUT2D eigenvalue weighted by atomic mass is 10.0. The van der Waals surface area contributed by atoms with Gasteiger partial charge in [0.25, 0.3) is 0 Å². The summed E-state index contributed by atoms with van der Waals surface area (Å²) >= 11 is 7.60. The standard InChI is InChI=1S/C17H16ClFN2OS/c1-10-8-11(18)2-4-14(10)20-17(22)21-15-6-7-23-16-5-3-12(19)9-13(15)16/h2-5,8-9,15H,6-7H2,1H3,(H2,20,21,22). The minimum atomic E-state index is -0.303. The molecule has 1 aliphatic heterocycles. The minimum absolute atomic E-state index is 0.186. The van der Waals surface area contributed by atoms with Crippen LogP contribution in [0.15, 0.2) is 41.3 Å². The monoisotopic (exact) mass is 350 g/mol. The Bertz CT molecular complexity index is 753. The number of carbonyl (C=O) groups is 1. The molecule has 2 amide bonds. The molecule has 3 nitrogen and oxygen atoms in total. The first-order valence-electron chi connectivity index (χ1n) is 7.29. The first kappa shape index (κ1) is 16.1. The van der Waals surface area contributed by atoms with Gasteiger partial charge in [0.05, 0.1) is 6.04 Å². The molecule has 2 aromatic rings. The maximum absolute atomic E-state index is 13.5. The quantitative estimate of drug-likeness (QED) is 0.786. The van der Waals surface area contributed by atoms with Crippen molar-refractivity contribution in [1.82, 2.24) is 5.32 Å². The van der Waals surface area contributed by atoms with Crippen molar-refractivity contribution < 1.29 is 9.18 Å². The third-order valence-electron chi connectivity index (χ3n) is 3.75. The summed E-state index contributed by atoms with van der Waals surface area (Å²) in [7, 11) is 0. The van der Waals surface area contributed by atoms with E-state index in [1.807, 2.05) is 6.92 Å². The Morgan fingerprint density at radius 1 is 1.30 bits per heavy atom. The summed E-state index contributed by atoms with van der Waals surface area (Å²) in [6.45, 7) is 1.88. The van der Waals surface area contributed by atoms with Gasteiger partial charge >= 0.3 is 6.03 Å². The van der Waals surface area contributed by atoms with Crippen molar-refractivity contribution in [3.63, 3.8) is 0 Å². The van der Waals surface area contributed by atoms with Gasteiger partial charge in [0, 0.05) is 21.4 Å². The Balaban J connectivity index is 1.73. The van der Waals surface area contributed by atoms with Crippen LogP contribution in [0.25, 0.3) is 0 Å². The first-order valence-corrected chi connectivity index (χ1v) is 8.65. The second-order valence-electron chi connectivity index (χ2n) is 5.43. The largest absolute Gasteiger partial charge is 0.331 e. The number of anilines is 1. The van der Waals surface area contributed by atoms with E-state index in [0.29, 0.717) is 10.7 Å². The molecule has 120 valence electrons. The predicted molar refractivity (Wildman–Crippen MR) is 92.8 cm³/mol. The van der Waals surface area contributed by atoms with E-state index in [1.54, 1.807) is 36.0 Å². The minimum Gasteiger partial charge on any atom is -0.331 e. The summed E-state index contributed by atoms with van der Waals surface area (Å²) in [4.78, 5) is 13.3. The molecule has 0 saturated carbocycles. The average Bonchev–Trinajstić information content (AvgIpc) is 2.51. The van der Waals surface area contributed by atoms with Gasteiger partial charge in [-0.3, -0.25) is 0 Å². The van der Waals surface area contributed by atoms with E-state index in [-0.39, 0.29) is 17.9 Å². The topological polar surface area (TPSA) is 41.1 Å². The van der Waals surface area contributed by atoms with Crippen LogP contribution in [0.5, 0.6) is 0 Å². The van der Waals surface area contributed by atoms with Crippen LogP contribution in [0.1, 0.15) is 23.6 Å². The lowest BCUT2D eigenvalue weighted by Crippen LogP contribution is -2.34. The van der Waals surface area contributed by atoms with Crippen molar-refractivity contribution >= 4 is 35.1 Å². The molecule has 0 bridgehead atoms. The molecule has 1 aliphatic rings.